The lowest BCUT2D eigenvalue weighted by atomic mass is 10.1. The number of ether oxygens (including phenoxy) is 1. The van der Waals surface area contributed by atoms with E-state index in [1.54, 1.807) is 7.11 Å². The van der Waals surface area contributed by atoms with E-state index in [0.29, 0.717) is 6.04 Å². The van der Waals surface area contributed by atoms with E-state index < -0.39 is 0 Å². The predicted molar refractivity (Wildman–Crippen MR) is 53.4 cm³/mol. The smallest absolute Gasteiger partial charge is 0.0613 e. The molecular weight excluding hydrogens is 150 g/mol. The third kappa shape index (κ3) is 8.02. The van der Waals surface area contributed by atoms with Crippen LogP contribution in [0.3, 0.4) is 0 Å². The fraction of sp³-hybridized carbons (Fsp3) is 1.00. The Kier molecular flexibility index (Phi) is 7.51. The van der Waals surface area contributed by atoms with Crippen molar-refractivity contribution in [2.24, 2.45) is 5.92 Å². The number of nitrogens with one attached hydrogen (secondary N) is 1. The van der Waals surface area contributed by atoms with Crippen molar-refractivity contribution in [2.75, 3.05) is 20.3 Å². The lowest BCUT2D eigenvalue weighted by molar-refractivity contribution is 0.172. The van der Waals surface area contributed by atoms with Crippen LogP contribution in [0.15, 0.2) is 0 Å². The Labute approximate surface area is 76.7 Å². The maximum atomic E-state index is 5.02. The molecule has 0 radical (unpaired) electrons. The maximum absolute atomic E-state index is 5.02. The van der Waals surface area contributed by atoms with Crippen molar-refractivity contribution < 1.29 is 4.74 Å². The molecule has 0 aromatic heterocycles. The van der Waals surface area contributed by atoms with Gasteiger partial charge in [-0.1, -0.05) is 13.8 Å². The molecule has 74 valence electrons. The topological polar surface area (TPSA) is 21.3 Å². The summed E-state index contributed by atoms with van der Waals surface area (Å²) in [6.45, 7) is 8.60. The highest BCUT2D eigenvalue weighted by Crippen LogP contribution is 2.01. The summed E-state index contributed by atoms with van der Waals surface area (Å²) in [5.74, 6) is 0.824. The first kappa shape index (κ1) is 11.9. The first-order valence-electron chi connectivity index (χ1n) is 4.89. The van der Waals surface area contributed by atoms with E-state index >= 15 is 0 Å². The summed E-state index contributed by atoms with van der Waals surface area (Å²) in [6, 6.07) is 0.488. The molecule has 0 spiro atoms. The molecule has 1 N–H and O–H groups in total. The minimum absolute atomic E-state index is 0.488. The summed E-state index contributed by atoms with van der Waals surface area (Å²) in [5.41, 5.74) is 0. The SMILES string of the molecule is COCC(C)NCCCC(C)C. The zero-order valence-electron chi connectivity index (χ0n) is 8.89. The highest BCUT2D eigenvalue weighted by atomic mass is 16.5. The second kappa shape index (κ2) is 7.56. The Morgan fingerprint density at radius 3 is 2.42 bits per heavy atom. The average molecular weight is 173 g/mol. The fourth-order valence-corrected chi connectivity index (χ4v) is 1.17. The maximum Gasteiger partial charge on any atom is 0.0613 e. The van der Waals surface area contributed by atoms with Crippen molar-refractivity contribution in [3.05, 3.63) is 0 Å². The lowest BCUT2D eigenvalue weighted by Crippen LogP contribution is -2.30. The molecule has 0 fully saturated rings. The van der Waals surface area contributed by atoms with Crippen LogP contribution in [-0.2, 0) is 4.74 Å². The van der Waals surface area contributed by atoms with Crippen LogP contribution in [0, 0.1) is 5.92 Å². The molecule has 0 aliphatic carbocycles. The van der Waals surface area contributed by atoms with Gasteiger partial charge in [0, 0.05) is 13.2 Å². The highest BCUT2D eigenvalue weighted by molar-refractivity contribution is 4.59. The Hall–Kier alpha value is -0.0800. The highest BCUT2D eigenvalue weighted by Gasteiger charge is 1.99. The summed E-state index contributed by atoms with van der Waals surface area (Å²) in [6.07, 6.45) is 2.58. The van der Waals surface area contributed by atoms with E-state index in [1.807, 2.05) is 0 Å². The van der Waals surface area contributed by atoms with Gasteiger partial charge in [-0.3, -0.25) is 0 Å². The molecule has 2 heteroatoms. The molecule has 0 aliphatic rings. The van der Waals surface area contributed by atoms with Crippen LogP contribution in [0.4, 0.5) is 0 Å². The number of methoxy groups -OCH3 is 1. The molecule has 0 rings (SSSR count). The molecule has 1 unspecified atom stereocenters. The Balaban J connectivity index is 3.08. The van der Waals surface area contributed by atoms with Gasteiger partial charge in [-0.15, -0.1) is 0 Å². The van der Waals surface area contributed by atoms with Gasteiger partial charge in [0.15, 0.2) is 0 Å². The van der Waals surface area contributed by atoms with E-state index in [9.17, 15) is 0 Å². The predicted octanol–water partition coefficient (Wildman–Crippen LogP) is 2.05. The van der Waals surface area contributed by atoms with Crippen molar-refractivity contribution in [1.82, 2.24) is 5.32 Å². The van der Waals surface area contributed by atoms with E-state index in [0.717, 1.165) is 19.1 Å². The molecule has 0 aliphatic heterocycles. The molecule has 0 heterocycles. The zero-order valence-corrected chi connectivity index (χ0v) is 8.89. The molecule has 0 aromatic rings. The monoisotopic (exact) mass is 173 g/mol. The van der Waals surface area contributed by atoms with Crippen molar-refractivity contribution in [2.45, 2.75) is 39.7 Å². The van der Waals surface area contributed by atoms with E-state index in [-0.39, 0.29) is 0 Å². The number of hydrogen-bond acceptors (Lipinski definition) is 2. The largest absolute Gasteiger partial charge is 0.383 e. The third-order valence-electron chi connectivity index (χ3n) is 1.87. The average Bonchev–Trinajstić information content (AvgIpc) is 1.98. The van der Waals surface area contributed by atoms with Crippen LogP contribution < -0.4 is 5.32 Å². The summed E-state index contributed by atoms with van der Waals surface area (Å²) in [5, 5.41) is 3.41. The van der Waals surface area contributed by atoms with Crippen LogP contribution in [0.25, 0.3) is 0 Å². The number of hydrogen-bond donors (Lipinski definition) is 1. The molecule has 12 heavy (non-hydrogen) atoms. The summed E-state index contributed by atoms with van der Waals surface area (Å²) in [4.78, 5) is 0. The van der Waals surface area contributed by atoms with Gasteiger partial charge >= 0.3 is 0 Å². The third-order valence-corrected chi connectivity index (χ3v) is 1.87. The molecule has 0 saturated heterocycles. The molecule has 2 nitrogen and oxygen atoms in total. The summed E-state index contributed by atoms with van der Waals surface area (Å²) >= 11 is 0. The fourth-order valence-electron chi connectivity index (χ4n) is 1.17. The van der Waals surface area contributed by atoms with Crippen LogP contribution in [-0.4, -0.2) is 26.3 Å². The van der Waals surface area contributed by atoms with Crippen molar-refractivity contribution >= 4 is 0 Å². The second-order valence-electron chi connectivity index (χ2n) is 3.85. The lowest BCUT2D eigenvalue weighted by Gasteiger charge is -2.12. The summed E-state index contributed by atoms with van der Waals surface area (Å²) < 4.78 is 5.02. The Morgan fingerprint density at radius 2 is 1.92 bits per heavy atom. The van der Waals surface area contributed by atoms with Gasteiger partial charge in [-0.2, -0.15) is 0 Å². The van der Waals surface area contributed by atoms with E-state index in [1.165, 1.54) is 12.8 Å². The van der Waals surface area contributed by atoms with E-state index in [2.05, 4.69) is 26.1 Å². The van der Waals surface area contributed by atoms with Gasteiger partial charge in [0.2, 0.25) is 0 Å². The second-order valence-corrected chi connectivity index (χ2v) is 3.85. The van der Waals surface area contributed by atoms with Gasteiger partial charge < -0.3 is 10.1 Å². The van der Waals surface area contributed by atoms with Crippen LogP contribution in [0.5, 0.6) is 0 Å². The van der Waals surface area contributed by atoms with Crippen LogP contribution >= 0.6 is 0 Å². The molecule has 0 amide bonds. The molecule has 0 bridgehead atoms. The Bertz CT molecular complexity index is 93.8. The first-order valence-corrected chi connectivity index (χ1v) is 4.89. The van der Waals surface area contributed by atoms with Gasteiger partial charge in [-0.25, -0.2) is 0 Å². The van der Waals surface area contributed by atoms with Gasteiger partial charge in [0.05, 0.1) is 6.61 Å². The normalized spacial score (nSPS) is 13.8. The van der Waals surface area contributed by atoms with Crippen LogP contribution in [0.2, 0.25) is 0 Å². The minimum Gasteiger partial charge on any atom is -0.383 e. The van der Waals surface area contributed by atoms with Crippen molar-refractivity contribution in [3.63, 3.8) is 0 Å². The Morgan fingerprint density at radius 1 is 1.25 bits per heavy atom. The van der Waals surface area contributed by atoms with Gasteiger partial charge in [0.1, 0.15) is 0 Å². The molecule has 0 saturated carbocycles. The van der Waals surface area contributed by atoms with Gasteiger partial charge in [0.25, 0.3) is 0 Å². The van der Waals surface area contributed by atoms with Crippen LogP contribution in [0.1, 0.15) is 33.6 Å². The van der Waals surface area contributed by atoms with E-state index in [4.69, 9.17) is 4.74 Å². The van der Waals surface area contributed by atoms with Crippen molar-refractivity contribution in [1.29, 1.82) is 0 Å². The van der Waals surface area contributed by atoms with Gasteiger partial charge in [-0.05, 0) is 32.2 Å². The summed E-state index contributed by atoms with van der Waals surface area (Å²) in [7, 11) is 1.74. The quantitative estimate of drug-likeness (QED) is 0.595. The standard InChI is InChI=1S/C10H23NO/c1-9(2)6-5-7-11-10(3)8-12-4/h9-11H,5-8H2,1-4H3. The molecular formula is C10H23NO. The first-order chi connectivity index (χ1) is 5.66. The zero-order chi connectivity index (χ0) is 9.40. The number of rotatable bonds is 7. The molecule has 1 atom stereocenters. The molecule has 0 aromatic carbocycles. The van der Waals surface area contributed by atoms with Crippen molar-refractivity contribution in [3.8, 4) is 0 Å². The minimum atomic E-state index is 0.488.